The third-order valence-corrected chi connectivity index (χ3v) is 6.32. The molecule has 1 fully saturated rings. The molecule has 4 aromatic rings. The molecule has 0 atom stereocenters. The number of piperazine rings is 1. The molecular formula is C26H27ClN6O. The molecule has 1 N–H and O–H groups in total. The van der Waals surface area contributed by atoms with Crippen LogP contribution in [0.3, 0.4) is 0 Å². The van der Waals surface area contributed by atoms with Crippen LogP contribution in [0.5, 0.6) is 0 Å². The number of aryl methyl sites for hydroxylation is 2. The number of halogens is 1. The van der Waals surface area contributed by atoms with E-state index in [1.165, 1.54) is 11.1 Å². The molecule has 3 heterocycles. The monoisotopic (exact) mass is 474 g/mol. The molecule has 0 radical (unpaired) electrons. The maximum absolute atomic E-state index is 12.7. The van der Waals surface area contributed by atoms with E-state index in [2.05, 4.69) is 51.8 Å². The molecule has 0 aliphatic carbocycles. The molecule has 0 spiro atoms. The number of hydrogen-bond acceptors (Lipinski definition) is 4. The summed E-state index contributed by atoms with van der Waals surface area (Å²) in [5.41, 5.74) is 5.99. The van der Waals surface area contributed by atoms with Crippen LogP contribution < -0.4 is 5.32 Å². The highest BCUT2D eigenvalue weighted by Gasteiger charge is 2.23. The zero-order valence-corrected chi connectivity index (χ0v) is 20.1. The lowest BCUT2D eigenvalue weighted by molar-refractivity contribution is 0.140. The summed E-state index contributed by atoms with van der Waals surface area (Å²) in [5.74, 6) is 0.956. The summed E-state index contributed by atoms with van der Waals surface area (Å²) in [7, 11) is 0. The van der Waals surface area contributed by atoms with Crippen molar-refractivity contribution in [2.45, 2.75) is 20.4 Å². The number of amides is 2. The Morgan fingerprint density at radius 2 is 1.71 bits per heavy atom. The molecule has 5 rings (SSSR count). The molecule has 174 valence electrons. The van der Waals surface area contributed by atoms with Crippen molar-refractivity contribution in [2.75, 3.05) is 31.5 Å². The number of fused-ring (bicyclic) bond motifs is 1. The summed E-state index contributed by atoms with van der Waals surface area (Å²) in [6.45, 7) is 7.77. The predicted octanol–water partition coefficient (Wildman–Crippen LogP) is 5.04. The van der Waals surface area contributed by atoms with Crippen LogP contribution in [0.15, 0.2) is 60.8 Å². The highest BCUT2D eigenvalue weighted by atomic mass is 35.5. The summed E-state index contributed by atoms with van der Waals surface area (Å²) >= 11 is 5.93. The van der Waals surface area contributed by atoms with Crippen molar-refractivity contribution in [3.8, 4) is 5.69 Å². The lowest BCUT2D eigenvalue weighted by Crippen LogP contribution is -2.49. The summed E-state index contributed by atoms with van der Waals surface area (Å²) < 4.78 is 2.16. The minimum absolute atomic E-state index is 0.0892. The van der Waals surface area contributed by atoms with Crippen LogP contribution in [-0.4, -0.2) is 56.5 Å². The highest BCUT2D eigenvalue weighted by Crippen LogP contribution is 2.23. The van der Waals surface area contributed by atoms with Crippen LogP contribution in [0.25, 0.3) is 16.9 Å². The van der Waals surface area contributed by atoms with Gasteiger partial charge < -0.3 is 10.2 Å². The first kappa shape index (κ1) is 22.4. The zero-order valence-electron chi connectivity index (χ0n) is 19.3. The van der Waals surface area contributed by atoms with E-state index in [1.807, 2.05) is 35.4 Å². The number of aromatic nitrogens is 3. The van der Waals surface area contributed by atoms with Crippen LogP contribution >= 0.6 is 11.6 Å². The number of imidazole rings is 1. The Morgan fingerprint density at radius 1 is 1.00 bits per heavy atom. The third kappa shape index (κ3) is 4.76. The average molecular weight is 475 g/mol. The molecule has 1 aliphatic rings. The zero-order chi connectivity index (χ0) is 23.7. The number of rotatable bonds is 4. The predicted molar refractivity (Wildman–Crippen MR) is 136 cm³/mol. The van der Waals surface area contributed by atoms with Crippen molar-refractivity contribution in [3.63, 3.8) is 0 Å². The van der Waals surface area contributed by atoms with Gasteiger partial charge in [0.25, 0.3) is 0 Å². The van der Waals surface area contributed by atoms with Gasteiger partial charge in [0, 0.05) is 48.8 Å². The molecule has 2 amide bonds. The van der Waals surface area contributed by atoms with Gasteiger partial charge in [-0.3, -0.25) is 9.47 Å². The fourth-order valence-corrected chi connectivity index (χ4v) is 4.59. The van der Waals surface area contributed by atoms with Crippen molar-refractivity contribution < 1.29 is 4.79 Å². The van der Waals surface area contributed by atoms with E-state index in [1.54, 1.807) is 12.1 Å². The van der Waals surface area contributed by atoms with Gasteiger partial charge in [0.05, 0.1) is 6.54 Å². The van der Waals surface area contributed by atoms with Crippen molar-refractivity contribution in [3.05, 3.63) is 82.8 Å². The van der Waals surface area contributed by atoms with E-state index in [-0.39, 0.29) is 6.03 Å². The molecule has 2 aromatic heterocycles. The lowest BCUT2D eigenvalue weighted by Gasteiger charge is -2.34. The van der Waals surface area contributed by atoms with Gasteiger partial charge in [-0.15, -0.1) is 0 Å². The first-order valence-corrected chi connectivity index (χ1v) is 11.8. The number of hydrogen-bond donors (Lipinski definition) is 1. The fraction of sp³-hybridized carbons (Fsp3) is 0.269. The van der Waals surface area contributed by atoms with Gasteiger partial charge in [0.15, 0.2) is 5.65 Å². The van der Waals surface area contributed by atoms with Gasteiger partial charge in [-0.25, -0.2) is 14.8 Å². The van der Waals surface area contributed by atoms with Gasteiger partial charge in [0.1, 0.15) is 11.3 Å². The van der Waals surface area contributed by atoms with E-state index in [4.69, 9.17) is 16.6 Å². The summed E-state index contributed by atoms with van der Waals surface area (Å²) in [6.07, 6.45) is 1.81. The fourth-order valence-electron chi connectivity index (χ4n) is 4.46. The quantitative estimate of drug-likeness (QED) is 0.450. The molecule has 8 heteroatoms. The van der Waals surface area contributed by atoms with Crippen molar-refractivity contribution >= 4 is 34.5 Å². The Morgan fingerprint density at radius 3 is 2.41 bits per heavy atom. The van der Waals surface area contributed by atoms with Gasteiger partial charge in [0.2, 0.25) is 0 Å². The molecule has 34 heavy (non-hydrogen) atoms. The largest absolute Gasteiger partial charge is 0.322 e. The van der Waals surface area contributed by atoms with Crippen LogP contribution in [0.1, 0.15) is 17.0 Å². The van der Waals surface area contributed by atoms with Crippen molar-refractivity contribution in [1.82, 2.24) is 24.3 Å². The number of anilines is 1. The Bertz CT molecular complexity index is 1300. The molecular weight excluding hydrogens is 448 g/mol. The number of nitrogens with one attached hydrogen (secondary N) is 1. The standard InChI is InChI=1S/C26H27ClN6O/c1-18-14-19(2)16-22(15-18)33-24(30-23-4-3-9-28-25(23)33)17-31-10-12-32(13-11-31)26(34)29-21-7-5-20(27)6-8-21/h3-9,14-16H,10-13,17H2,1-2H3,(H,29,34). The molecule has 1 aliphatic heterocycles. The van der Waals surface area contributed by atoms with Gasteiger partial charge in [-0.05, 0) is 73.5 Å². The topological polar surface area (TPSA) is 66.3 Å². The Hall–Kier alpha value is -3.42. The highest BCUT2D eigenvalue weighted by molar-refractivity contribution is 6.30. The first-order chi connectivity index (χ1) is 16.5. The van der Waals surface area contributed by atoms with E-state index in [0.29, 0.717) is 24.7 Å². The van der Waals surface area contributed by atoms with Crippen LogP contribution in [-0.2, 0) is 6.54 Å². The molecule has 0 bridgehead atoms. The average Bonchev–Trinajstić information content (AvgIpc) is 3.18. The van der Waals surface area contributed by atoms with E-state index in [9.17, 15) is 4.79 Å². The number of urea groups is 1. The van der Waals surface area contributed by atoms with Gasteiger partial charge in [-0.1, -0.05) is 17.7 Å². The van der Waals surface area contributed by atoms with Crippen LogP contribution in [0, 0.1) is 13.8 Å². The number of carbonyl (C=O) groups is 1. The van der Waals surface area contributed by atoms with Crippen molar-refractivity contribution in [2.24, 2.45) is 0 Å². The van der Waals surface area contributed by atoms with E-state index >= 15 is 0 Å². The maximum atomic E-state index is 12.7. The third-order valence-electron chi connectivity index (χ3n) is 6.07. The number of pyridine rings is 1. The number of benzene rings is 2. The van der Waals surface area contributed by atoms with E-state index < -0.39 is 0 Å². The second-order valence-corrected chi connectivity index (χ2v) is 9.19. The number of carbonyl (C=O) groups excluding carboxylic acids is 1. The minimum Gasteiger partial charge on any atom is -0.322 e. The summed E-state index contributed by atoms with van der Waals surface area (Å²) in [6, 6.07) is 17.5. The SMILES string of the molecule is Cc1cc(C)cc(-n2c(CN3CCN(C(=O)Nc4ccc(Cl)cc4)CC3)nc3cccnc32)c1. The molecule has 0 unspecified atom stereocenters. The van der Waals surface area contributed by atoms with Crippen molar-refractivity contribution in [1.29, 1.82) is 0 Å². The molecule has 2 aromatic carbocycles. The minimum atomic E-state index is -0.0892. The first-order valence-electron chi connectivity index (χ1n) is 11.4. The van der Waals surface area contributed by atoms with Crippen LogP contribution in [0.2, 0.25) is 5.02 Å². The molecule has 0 saturated carbocycles. The summed E-state index contributed by atoms with van der Waals surface area (Å²) in [5, 5.41) is 3.59. The maximum Gasteiger partial charge on any atom is 0.321 e. The molecule has 1 saturated heterocycles. The Kier molecular flexibility index (Phi) is 6.22. The van der Waals surface area contributed by atoms with Crippen LogP contribution in [0.4, 0.5) is 10.5 Å². The van der Waals surface area contributed by atoms with Gasteiger partial charge >= 0.3 is 6.03 Å². The van der Waals surface area contributed by atoms with E-state index in [0.717, 1.165) is 41.5 Å². The van der Waals surface area contributed by atoms with Gasteiger partial charge in [-0.2, -0.15) is 0 Å². The second kappa shape index (κ2) is 9.44. The summed E-state index contributed by atoms with van der Waals surface area (Å²) in [4.78, 5) is 26.4. The smallest absolute Gasteiger partial charge is 0.321 e. The number of nitrogens with zero attached hydrogens (tertiary/aromatic N) is 5. The molecule has 7 nitrogen and oxygen atoms in total. The second-order valence-electron chi connectivity index (χ2n) is 8.76. The Balaban J connectivity index is 1.31. The normalized spacial score (nSPS) is 14.5. The lowest BCUT2D eigenvalue weighted by atomic mass is 10.1. The Labute approximate surface area is 204 Å².